The van der Waals surface area contributed by atoms with Gasteiger partial charge in [0.2, 0.25) is 5.88 Å². The average molecular weight is 192 g/mol. The summed E-state index contributed by atoms with van der Waals surface area (Å²) >= 11 is 0. The van der Waals surface area contributed by atoms with Crippen molar-refractivity contribution in [2.75, 3.05) is 5.73 Å². The molecule has 0 atom stereocenters. The molecule has 1 aromatic heterocycles. The van der Waals surface area contributed by atoms with E-state index in [0.717, 1.165) is 18.4 Å². The van der Waals surface area contributed by atoms with Gasteiger partial charge in [-0.25, -0.2) is 4.98 Å². The van der Waals surface area contributed by atoms with Crippen LogP contribution in [0.3, 0.4) is 0 Å². The first-order valence-corrected chi connectivity index (χ1v) is 5.14. The van der Waals surface area contributed by atoms with E-state index >= 15 is 0 Å². The zero-order chi connectivity index (χ0) is 9.97. The average Bonchev–Trinajstić information content (AvgIpc) is 2.62. The Morgan fingerprint density at radius 2 is 2.14 bits per heavy atom. The monoisotopic (exact) mass is 192 g/mol. The maximum absolute atomic E-state index is 5.81. The summed E-state index contributed by atoms with van der Waals surface area (Å²) in [7, 11) is 0. The van der Waals surface area contributed by atoms with Gasteiger partial charge in [0.15, 0.2) is 0 Å². The topological polar surface area (TPSA) is 48.1 Å². The Labute approximate surface area is 84.3 Å². The number of pyridine rings is 1. The van der Waals surface area contributed by atoms with E-state index in [-0.39, 0.29) is 0 Å². The number of aromatic nitrogens is 1. The quantitative estimate of drug-likeness (QED) is 0.782. The Kier molecular flexibility index (Phi) is 2.57. The van der Waals surface area contributed by atoms with Gasteiger partial charge in [-0.15, -0.1) is 0 Å². The van der Waals surface area contributed by atoms with E-state index in [2.05, 4.69) is 4.98 Å². The third-order valence-electron chi connectivity index (χ3n) is 2.60. The molecule has 0 spiro atoms. The molecule has 0 bridgehead atoms. The molecule has 3 nitrogen and oxygen atoms in total. The fourth-order valence-corrected chi connectivity index (χ4v) is 1.84. The molecule has 2 rings (SSSR count). The molecule has 1 aliphatic carbocycles. The highest BCUT2D eigenvalue weighted by Gasteiger charge is 2.17. The van der Waals surface area contributed by atoms with Gasteiger partial charge in [-0.05, 0) is 44.2 Å². The molecule has 1 saturated carbocycles. The van der Waals surface area contributed by atoms with Gasteiger partial charge in [0.1, 0.15) is 6.10 Å². The lowest BCUT2D eigenvalue weighted by Gasteiger charge is -2.13. The second-order valence-corrected chi connectivity index (χ2v) is 3.93. The van der Waals surface area contributed by atoms with Crippen LogP contribution < -0.4 is 10.5 Å². The maximum Gasteiger partial charge on any atom is 0.237 e. The number of hydrogen-bond acceptors (Lipinski definition) is 3. The minimum atomic E-state index is 0.326. The molecule has 1 fully saturated rings. The van der Waals surface area contributed by atoms with Crippen LogP contribution in [-0.2, 0) is 0 Å². The standard InChI is InChI=1S/C11H16N2O/c1-8-6-10(12)11(13-7-8)14-9-4-2-3-5-9/h6-7,9H,2-5,12H2,1H3. The SMILES string of the molecule is Cc1cnc(OC2CCCC2)c(N)c1. The van der Waals surface area contributed by atoms with Crippen LogP contribution in [0, 0.1) is 6.92 Å². The van der Waals surface area contributed by atoms with Crippen molar-refractivity contribution in [2.45, 2.75) is 38.7 Å². The van der Waals surface area contributed by atoms with E-state index < -0.39 is 0 Å². The summed E-state index contributed by atoms with van der Waals surface area (Å²) < 4.78 is 5.72. The van der Waals surface area contributed by atoms with Gasteiger partial charge in [0.25, 0.3) is 0 Å². The van der Waals surface area contributed by atoms with Gasteiger partial charge in [-0.1, -0.05) is 0 Å². The Morgan fingerprint density at radius 1 is 1.43 bits per heavy atom. The highest BCUT2D eigenvalue weighted by molar-refractivity contribution is 5.49. The lowest BCUT2D eigenvalue weighted by Crippen LogP contribution is -2.13. The molecular formula is C11H16N2O. The normalized spacial score (nSPS) is 17.2. The molecule has 76 valence electrons. The predicted molar refractivity (Wildman–Crippen MR) is 56.3 cm³/mol. The summed E-state index contributed by atoms with van der Waals surface area (Å²) in [4.78, 5) is 4.19. The van der Waals surface area contributed by atoms with Crippen molar-refractivity contribution in [3.63, 3.8) is 0 Å². The fraction of sp³-hybridized carbons (Fsp3) is 0.545. The lowest BCUT2D eigenvalue weighted by atomic mass is 10.3. The maximum atomic E-state index is 5.81. The highest BCUT2D eigenvalue weighted by atomic mass is 16.5. The molecule has 1 aromatic rings. The third kappa shape index (κ3) is 1.97. The zero-order valence-corrected chi connectivity index (χ0v) is 8.49. The molecule has 1 heterocycles. The molecule has 0 aliphatic heterocycles. The highest BCUT2D eigenvalue weighted by Crippen LogP contribution is 2.26. The van der Waals surface area contributed by atoms with Gasteiger partial charge in [0.05, 0.1) is 5.69 Å². The first kappa shape index (κ1) is 9.31. The van der Waals surface area contributed by atoms with Crippen LogP contribution in [0.2, 0.25) is 0 Å². The first-order valence-electron chi connectivity index (χ1n) is 5.14. The van der Waals surface area contributed by atoms with Gasteiger partial charge in [-0.3, -0.25) is 0 Å². The van der Waals surface area contributed by atoms with Crippen LogP contribution in [0.15, 0.2) is 12.3 Å². The smallest absolute Gasteiger partial charge is 0.237 e. The number of anilines is 1. The van der Waals surface area contributed by atoms with Crippen molar-refractivity contribution in [1.29, 1.82) is 0 Å². The van der Waals surface area contributed by atoms with E-state index in [9.17, 15) is 0 Å². The summed E-state index contributed by atoms with van der Waals surface area (Å²) in [6.45, 7) is 1.97. The van der Waals surface area contributed by atoms with Crippen molar-refractivity contribution < 1.29 is 4.74 Å². The Hall–Kier alpha value is -1.25. The Balaban J connectivity index is 2.08. The first-order chi connectivity index (χ1) is 6.75. The number of nitrogen functional groups attached to an aromatic ring is 1. The second-order valence-electron chi connectivity index (χ2n) is 3.93. The molecular weight excluding hydrogens is 176 g/mol. The molecule has 0 aromatic carbocycles. The Morgan fingerprint density at radius 3 is 2.79 bits per heavy atom. The van der Waals surface area contributed by atoms with E-state index in [1.54, 1.807) is 6.20 Å². The van der Waals surface area contributed by atoms with Gasteiger partial charge < -0.3 is 10.5 Å². The van der Waals surface area contributed by atoms with Crippen LogP contribution in [0.25, 0.3) is 0 Å². The molecule has 0 saturated heterocycles. The predicted octanol–water partition coefficient (Wildman–Crippen LogP) is 2.29. The summed E-state index contributed by atoms with van der Waals surface area (Å²) in [5.41, 5.74) is 7.53. The summed E-state index contributed by atoms with van der Waals surface area (Å²) in [5.74, 6) is 0.600. The van der Waals surface area contributed by atoms with Crippen molar-refractivity contribution in [1.82, 2.24) is 4.98 Å². The van der Waals surface area contributed by atoms with Crippen molar-refractivity contribution in [3.8, 4) is 5.88 Å². The molecule has 2 N–H and O–H groups in total. The largest absolute Gasteiger partial charge is 0.473 e. The van der Waals surface area contributed by atoms with E-state index in [4.69, 9.17) is 10.5 Å². The number of nitrogens with zero attached hydrogens (tertiary/aromatic N) is 1. The van der Waals surface area contributed by atoms with Crippen molar-refractivity contribution in [3.05, 3.63) is 17.8 Å². The molecule has 0 radical (unpaired) electrons. The van der Waals surface area contributed by atoms with Gasteiger partial charge in [0, 0.05) is 6.20 Å². The van der Waals surface area contributed by atoms with Crippen LogP contribution >= 0.6 is 0 Å². The lowest BCUT2D eigenvalue weighted by molar-refractivity contribution is 0.203. The van der Waals surface area contributed by atoms with Gasteiger partial charge in [-0.2, -0.15) is 0 Å². The van der Waals surface area contributed by atoms with Crippen LogP contribution in [0.4, 0.5) is 5.69 Å². The number of nitrogens with two attached hydrogens (primary N) is 1. The molecule has 14 heavy (non-hydrogen) atoms. The van der Waals surface area contributed by atoms with Crippen LogP contribution in [0.5, 0.6) is 5.88 Å². The summed E-state index contributed by atoms with van der Waals surface area (Å²) in [5, 5.41) is 0. The van der Waals surface area contributed by atoms with E-state index in [1.165, 1.54) is 12.8 Å². The van der Waals surface area contributed by atoms with Crippen LogP contribution in [-0.4, -0.2) is 11.1 Å². The van der Waals surface area contributed by atoms with E-state index in [0.29, 0.717) is 17.7 Å². The fourth-order valence-electron chi connectivity index (χ4n) is 1.84. The van der Waals surface area contributed by atoms with E-state index in [1.807, 2.05) is 13.0 Å². The third-order valence-corrected chi connectivity index (χ3v) is 2.60. The summed E-state index contributed by atoms with van der Waals surface area (Å²) in [6.07, 6.45) is 6.91. The zero-order valence-electron chi connectivity index (χ0n) is 8.49. The number of hydrogen-bond donors (Lipinski definition) is 1. The van der Waals surface area contributed by atoms with Crippen LogP contribution in [0.1, 0.15) is 31.2 Å². The van der Waals surface area contributed by atoms with Crippen molar-refractivity contribution in [2.24, 2.45) is 0 Å². The molecule has 0 amide bonds. The minimum Gasteiger partial charge on any atom is -0.473 e. The number of ether oxygens (including phenoxy) is 1. The molecule has 1 aliphatic rings. The number of rotatable bonds is 2. The second kappa shape index (κ2) is 3.86. The molecule has 0 unspecified atom stereocenters. The van der Waals surface area contributed by atoms with Gasteiger partial charge >= 0.3 is 0 Å². The number of aryl methyl sites for hydroxylation is 1. The summed E-state index contributed by atoms with van der Waals surface area (Å²) in [6, 6.07) is 1.90. The molecule has 3 heteroatoms. The van der Waals surface area contributed by atoms with Crippen molar-refractivity contribution >= 4 is 5.69 Å². The minimum absolute atomic E-state index is 0.326. The Bertz CT molecular complexity index is 319.